The van der Waals surface area contributed by atoms with Crippen LogP contribution in [-0.2, 0) is 0 Å². The van der Waals surface area contributed by atoms with Crippen molar-refractivity contribution in [3.63, 3.8) is 0 Å². The largest absolute Gasteiger partial charge is 0.295 e. The van der Waals surface area contributed by atoms with Crippen LogP contribution in [0.2, 0.25) is 0 Å². The summed E-state index contributed by atoms with van der Waals surface area (Å²) in [7, 11) is 0. The van der Waals surface area contributed by atoms with Crippen molar-refractivity contribution in [3.8, 4) is 0 Å². The Labute approximate surface area is 93.5 Å². The van der Waals surface area contributed by atoms with Gasteiger partial charge in [0.05, 0.1) is 4.21 Å². The molecule has 2 unspecified atom stereocenters. The van der Waals surface area contributed by atoms with Gasteiger partial charge in [0.2, 0.25) is 0 Å². The Morgan fingerprint density at radius 3 is 3.21 bits per heavy atom. The minimum absolute atomic E-state index is 0.742. The maximum atomic E-state index is 2.63. The molecule has 76 valence electrons. The topological polar surface area (TPSA) is 3.24 Å². The van der Waals surface area contributed by atoms with Gasteiger partial charge in [-0.3, -0.25) is 4.90 Å². The van der Waals surface area contributed by atoms with Crippen LogP contribution in [0.15, 0.2) is 10.3 Å². The summed E-state index contributed by atoms with van der Waals surface area (Å²) in [6, 6.07) is 3.15. The number of likely N-dealkylation sites (tertiary alicyclic amines) is 1. The van der Waals surface area contributed by atoms with E-state index in [1.807, 2.05) is 11.3 Å². The van der Waals surface area contributed by atoms with Gasteiger partial charge in [-0.1, -0.05) is 6.92 Å². The maximum absolute atomic E-state index is 2.63. The van der Waals surface area contributed by atoms with Crippen LogP contribution in [0.3, 0.4) is 0 Å². The van der Waals surface area contributed by atoms with E-state index in [0.717, 1.165) is 11.3 Å². The highest BCUT2D eigenvalue weighted by Crippen LogP contribution is 2.51. The predicted molar refractivity (Wildman–Crippen MR) is 63.3 cm³/mol. The van der Waals surface area contributed by atoms with Gasteiger partial charge in [-0.25, -0.2) is 0 Å². The van der Waals surface area contributed by atoms with Gasteiger partial charge in [0.15, 0.2) is 0 Å². The molecule has 14 heavy (non-hydrogen) atoms. The predicted octanol–water partition coefficient (Wildman–Crippen LogP) is 3.30. The fraction of sp³-hybridized carbons (Fsp3) is 0.636. The van der Waals surface area contributed by atoms with E-state index < -0.39 is 0 Å². The van der Waals surface area contributed by atoms with Gasteiger partial charge in [-0.05, 0) is 31.5 Å². The average molecular weight is 225 g/mol. The Kier molecular flexibility index (Phi) is 2.15. The number of aryl methyl sites for hydroxylation is 1. The zero-order valence-corrected chi connectivity index (χ0v) is 10.3. The third-order valence-corrected chi connectivity index (χ3v) is 5.78. The van der Waals surface area contributed by atoms with Crippen LogP contribution >= 0.6 is 23.1 Å². The molecule has 3 heteroatoms. The molecule has 2 bridgehead atoms. The van der Waals surface area contributed by atoms with Crippen molar-refractivity contribution in [2.24, 2.45) is 0 Å². The zero-order valence-electron chi connectivity index (χ0n) is 8.62. The number of rotatable bonds is 1. The van der Waals surface area contributed by atoms with E-state index in [1.165, 1.54) is 24.4 Å². The zero-order chi connectivity index (χ0) is 9.71. The lowest BCUT2D eigenvalue weighted by molar-refractivity contribution is 0.271. The van der Waals surface area contributed by atoms with Crippen molar-refractivity contribution in [2.75, 3.05) is 13.1 Å². The molecule has 0 radical (unpaired) electrons. The minimum Gasteiger partial charge on any atom is -0.295 e. The minimum atomic E-state index is 0.742. The lowest BCUT2D eigenvalue weighted by Gasteiger charge is -2.23. The summed E-state index contributed by atoms with van der Waals surface area (Å²) < 4.78 is 1.60. The Morgan fingerprint density at radius 2 is 2.43 bits per heavy atom. The van der Waals surface area contributed by atoms with Crippen molar-refractivity contribution < 1.29 is 0 Å². The molecule has 0 spiro atoms. The molecule has 1 nitrogen and oxygen atoms in total. The lowest BCUT2D eigenvalue weighted by atomic mass is 10.1. The van der Waals surface area contributed by atoms with Crippen LogP contribution in [-0.4, -0.2) is 23.2 Å². The van der Waals surface area contributed by atoms with Gasteiger partial charge >= 0.3 is 0 Å². The molecule has 0 saturated carbocycles. The molecular weight excluding hydrogens is 210 g/mol. The van der Waals surface area contributed by atoms with Gasteiger partial charge in [0.25, 0.3) is 0 Å². The third kappa shape index (κ3) is 1.26. The van der Waals surface area contributed by atoms with E-state index >= 15 is 0 Å². The molecule has 0 amide bonds. The van der Waals surface area contributed by atoms with Crippen molar-refractivity contribution >= 4 is 23.1 Å². The van der Waals surface area contributed by atoms with Gasteiger partial charge < -0.3 is 0 Å². The SMILES string of the molecule is CCN1CC2CC1c1cc(C)sc1S2. The number of thioether (sulfide) groups is 1. The van der Waals surface area contributed by atoms with Crippen LogP contribution in [0.1, 0.15) is 29.8 Å². The third-order valence-electron chi connectivity index (χ3n) is 3.25. The van der Waals surface area contributed by atoms with Crippen molar-refractivity contribution in [2.45, 2.75) is 35.8 Å². The smallest absolute Gasteiger partial charge is 0.0652 e. The monoisotopic (exact) mass is 225 g/mol. The summed E-state index contributed by atoms with van der Waals surface area (Å²) in [6.45, 7) is 7.01. The molecule has 3 heterocycles. The number of hydrogen-bond donors (Lipinski definition) is 0. The molecule has 0 aliphatic carbocycles. The molecule has 0 N–H and O–H groups in total. The molecule has 2 aliphatic heterocycles. The number of hydrogen-bond acceptors (Lipinski definition) is 3. The van der Waals surface area contributed by atoms with Gasteiger partial charge in [-0.15, -0.1) is 23.1 Å². The highest BCUT2D eigenvalue weighted by atomic mass is 32.2. The van der Waals surface area contributed by atoms with Crippen LogP contribution in [0.25, 0.3) is 0 Å². The fourth-order valence-corrected chi connectivity index (χ4v) is 5.57. The number of nitrogens with zero attached hydrogens (tertiary/aromatic N) is 1. The maximum Gasteiger partial charge on any atom is 0.0652 e. The quantitative estimate of drug-likeness (QED) is 0.721. The highest BCUT2D eigenvalue weighted by molar-refractivity contribution is 8.01. The van der Waals surface area contributed by atoms with Crippen molar-refractivity contribution in [3.05, 3.63) is 16.5 Å². The van der Waals surface area contributed by atoms with Crippen LogP contribution in [0.5, 0.6) is 0 Å². The van der Waals surface area contributed by atoms with Crippen molar-refractivity contribution in [1.29, 1.82) is 0 Å². The van der Waals surface area contributed by atoms with Gasteiger partial charge in [-0.2, -0.15) is 0 Å². The van der Waals surface area contributed by atoms with Crippen molar-refractivity contribution in [1.82, 2.24) is 4.90 Å². The summed E-state index contributed by atoms with van der Waals surface area (Å²) in [5.41, 5.74) is 1.62. The summed E-state index contributed by atoms with van der Waals surface area (Å²) in [6.07, 6.45) is 1.38. The molecule has 1 fully saturated rings. The molecule has 1 saturated heterocycles. The Bertz CT molecular complexity index is 358. The lowest BCUT2D eigenvalue weighted by Crippen LogP contribution is -2.22. The van der Waals surface area contributed by atoms with E-state index in [-0.39, 0.29) is 0 Å². The van der Waals surface area contributed by atoms with Crippen LogP contribution in [0.4, 0.5) is 0 Å². The average Bonchev–Trinajstić information content (AvgIpc) is 2.68. The van der Waals surface area contributed by atoms with Gasteiger partial charge in [0, 0.05) is 22.7 Å². The number of thiophene rings is 1. The Hall–Kier alpha value is 0.01000. The second-order valence-corrected chi connectivity index (χ2v) is 7.00. The highest BCUT2D eigenvalue weighted by Gasteiger charge is 2.39. The molecule has 2 atom stereocenters. The molecule has 2 aliphatic rings. The normalized spacial score (nSPS) is 30.7. The first-order valence-electron chi connectivity index (χ1n) is 5.29. The fourth-order valence-electron chi connectivity index (χ4n) is 2.61. The molecule has 0 aromatic carbocycles. The van der Waals surface area contributed by atoms with E-state index in [2.05, 4.69) is 36.6 Å². The first-order valence-corrected chi connectivity index (χ1v) is 6.98. The summed E-state index contributed by atoms with van der Waals surface area (Å²) in [5.74, 6) is 0. The van der Waals surface area contributed by atoms with E-state index in [9.17, 15) is 0 Å². The first kappa shape index (κ1) is 9.25. The molecule has 1 aromatic heterocycles. The Balaban J connectivity index is 2.03. The molecule has 1 aromatic rings. The van der Waals surface area contributed by atoms with E-state index in [0.29, 0.717) is 0 Å². The summed E-state index contributed by atoms with van der Waals surface area (Å²) in [5, 5.41) is 0.866. The second-order valence-electron chi connectivity index (χ2n) is 4.18. The van der Waals surface area contributed by atoms with E-state index in [4.69, 9.17) is 0 Å². The summed E-state index contributed by atoms with van der Waals surface area (Å²) >= 11 is 4.10. The van der Waals surface area contributed by atoms with Gasteiger partial charge in [0.1, 0.15) is 0 Å². The number of fused-ring (bicyclic) bond motifs is 4. The van der Waals surface area contributed by atoms with E-state index in [1.54, 1.807) is 9.77 Å². The standard InChI is InChI=1S/C11H15NS2/c1-3-12-6-8-5-10(12)9-4-7(2)13-11(9)14-8/h4,8,10H,3,5-6H2,1-2H3. The molecular formula is C11H15NS2. The summed E-state index contributed by atoms with van der Waals surface area (Å²) in [4.78, 5) is 4.11. The second kappa shape index (κ2) is 3.26. The molecule has 3 rings (SSSR count). The van der Waals surface area contributed by atoms with Crippen LogP contribution < -0.4 is 0 Å². The Morgan fingerprint density at radius 1 is 1.57 bits per heavy atom. The van der Waals surface area contributed by atoms with Crippen LogP contribution in [0, 0.1) is 6.92 Å². The first-order chi connectivity index (χ1) is 6.78.